The van der Waals surface area contributed by atoms with Crippen LogP contribution >= 0.6 is 23.2 Å². The predicted molar refractivity (Wildman–Crippen MR) is 103 cm³/mol. The van der Waals surface area contributed by atoms with Crippen molar-refractivity contribution >= 4 is 29.3 Å². The number of hydrogen-bond donors (Lipinski definition) is 2. The Bertz CT molecular complexity index is 985. The van der Waals surface area contributed by atoms with Gasteiger partial charge in [-0.15, -0.1) is 0 Å². The first-order chi connectivity index (χ1) is 13.8. The van der Waals surface area contributed by atoms with Crippen LogP contribution in [0.3, 0.4) is 0 Å². The summed E-state index contributed by atoms with van der Waals surface area (Å²) in [5, 5.41) is 19.2. The number of halogens is 4. The van der Waals surface area contributed by atoms with E-state index in [4.69, 9.17) is 27.9 Å². The van der Waals surface area contributed by atoms with Gasteiger partial charge in [0.15, 0.2) is 11.6 Å². The average molecular weight is 445 g/mol. The molecule has 2 N–H and O–H groups in total. The van der Waals surface area contributed by atoms with Gasteiger partial charge in [0.25, 0.3) is 0 Å². The summed E-state index contributed by atoms with van der Waals surface area (Å²) in [5.41, 5.74) is -0.548. The molecule has 6 nitrogen and oxygen atoms in total. The van der Waals surface area contributed by atoms with Crippen LogP contribution in [0.15, 0.2) is 18.2 Å². The summed E-state index contributed by atoms with van der Waals surface area (Å²) in [6.07, 6.45) is -1.04. The van der Waals surface area contributed by atoms with Gasteiger partial charge in [-0.2, -0.15) is 0 Å². The van der Waals surface area contributed by atoms with E-state index in [9.17, 15) is 15.0 Å². The summed E-state index contributed by atoms with van der Waals surface area (Å²) in [4.78, 5) is 14.4. The molecule has 1 saturated heterocycles. The molecule has 1 amide bonds. The number of fused-ring (bicyclic) bond motifs is 2. The SMILES string of the molecule is O=C(O)N1CCN2Cc3c(F)c(F)c(-c4c(O)cccc4Cl)c(Cl)c3OC[C@H]2C1. The third kappa shape index (κ3) is 3.35. The van der Waals surface area contributed by atoms with Gasteiger partial charge in [0.2, 0.25) is 0 Å². The summed E-state index contributed by atoms with van der Waals surface area (Å²) < 4.78 is 35.8. The molecule has 4 rings (SSSR count). The number of aromatic hydroxyl groups is 1. The van der Waals surface area contributed by atoms with Gasteiger partial charge in [-0.1, -0.05) is 29.3 Å². The van der Waals surface area contributed by atoms with Gasteiger partial charge in [0.05, 0.1) is 16.1 Å². The number of carboxylic acid groups (broad SMARTS) is 1. The molecule has 0 saturated carbocycles. The first-order valence-corrected chi connectivity index (χ1v) is 9.57. The summed E-state index contributed by atoms with van der Waals surface area (Å²) in [6, 6.07) is 3.86. The molecule has 2 aliphatic heterocycles. The maximum Gasteiger partial charge on any atom is 0.407 e. The van der Waals surface area contributed by atoms with E-state index in [1.165, 1.54) is 23.1 Å². The number of hydrogen-bond acceptors (Lipinski definition) is 4. The molecule has 0 aliphatic carbocycles. The van der Waals surface area contributed by atoms with Crippen LogP contribution in [0.5, 0.6) is 11.5 Å². The van der Waals surface area contributed by atoms with Crippen LogP contribution in [0.2, 0.25) is 10.0 Å². The lowest BCUT2D eigenvalue weighted by Crippen LogP contribution is -2.55. The van der Waals surface area contributed by atoms with E-state index >= 15 is 8.78 Å². The zero-order chi connectivity index (χ0) is 20.9. The number of benzene rings is 2. The van der Waals surface area contributed by atoms with Gasteiger partial charge in [-0.3, -0.25) is 4.90 Å². The number of piperazine rings is 1. The van der Waals surface area contributed by atoms with Crippen LogP contribution in [0.25, 0.3) is 11.1 Å². The van der Waals surface area contributed by atoms with E-state index in [-0.39, 0.29) is 70.5 Å². The van der Waals surface area contributed by atoms with Crippen molar-refractivity contribution in [3.05, 3.63) is 45.4 Å². The van der Waals surface area contributed by atoms with Crippen molar-refractivity contribution in [2.75, 3.05) is 26.2 Å². The van der Waals surface area contributed by atoms with Crippen molar-refractivity contribution in [3.8, 4) is 22.6 Å². The lowest BCUT2D eigenvalue weighted by Gasteiger charge is -2.38. The fourth-order valence-corrected chi connectivity index (χ4v) is 4.38. The molecular weight excluding hydrogens is 429 g/mol. The van der Waals surface area contributed by atoms with Crippen molar-refractivity contribution in [1.82, 2.24) is 9.80 Å². The molecule has 0 radical (unpaired) electrons. The van der Waals surface area contributed by atoms with Crippen LogP contribution in [-0.2, 0) is 6.54 Å². The second kappa shape index (κ2) is 7.51. The summed E-state index contributed by atoms with van der Waals surface area (Å²) in [7, 11) is 0. The Morgan fingerprint density at radius 1 is 1.17 bits per heavy atom. The molecule has 29 heavy (non-hydrogen) atoms. The smallest absolute Gasteiger partial charge is 0.407 e. The van der Waals surface area contributed by atoms with E-state index in [1.807, 2.05) is 4.90 Å². The minimum absolute atomic E-state index is 0.00768. The third-order valence-corrected chi connectivity index (χ3v) is 5.94. The quantitative estimate of drug-likeness (QED) is 0.644. The standard InChI is InChI=1S/C19H16Cl2F2N2O4/c20-11-2-1-3-12(26)13(11)14-15(21)18-10(16(22)17(14)23)7-24-4-5-25(19(27)28)6-9(24)8-29-18/h1-3,9,26H,4-8H2,(H,27,28)/t9-/m1/s1. The van der Waals surface area contributed by atoms with Crippen molar-refractivity contribution in [3.63, 3.8) is 0 Å². The Balaban J connectivity index is 1.80. The van der Waals surface area contributed by atoms with Gasteiger partial charge < -0.3 is 19.8 Å². The Labute approximate surface area is 174 Å². The highest BCUT2D eigenvalue weighted by Gasteiger charge is 2.36. The number of phenolic OH excluding ortho intramolecular Hbond substituents is 1. The van der Waals surface area contributed by atoms with E-state index in [0.717, 1.165) is 0 Å². The van der Waals surface area contributed by atoms with Crippen molar-refractivity contribution < 1.29 is 28.5 Å². The van der Waals surface area contributed by atoms with Gasteiger partial charge in [-0.05, 0) is 12.1 Å². The molecule has 154 valence electrons. The first-order valence-electron chi connectivity index (χ1n) is 8.81. The number of amides is 1. The fourth-order valence-electron chi connectivity index (χ4n) is 3.77. The molecule has 2 aromatic rings. The fraction of sp³-hybridized carbons (Fsp3) is 0.316. The minimum Gasteiger partial charge on any atom is -0.507 e. The summed E-state index contributed by atoms with van der Waals surface area (Å²) >= 11 is 12.5. The Hall–Kier alpha value is -2.29. The monoisotopic (exact) mass is 444 g/mol. The molecule has 1 atom stereocenters. The summed E-state index contributed by atoms with van der Waals surface area (Å²) in [5.74, 6) is -2.75. The van der Waals surface area contributed by atoms with E-state index in [0.29, 0.717) is 6.54 Å². The number of ether oxygens (including phenoxy) is 1. The van der Waals surface area contributed by atoms with Crippen LogP contribution in [0.4, 0.5) is 13.6 Å². The zero-order valence-electron chi connectivity index (χ0n) is 15.0. The molecule has 0 bridgehead atoms. The predicted octanol–water partition coefficient (Wildman–Crippen LogP) is 4.20. The molecule has 0 unspecified atom stereocenters. The minimum atomic E-state index is -1.23. The highest BCUT2D eigenvalue weighted by atomic mass is 35.5. The second-order valence-corrected chi connectivity index (χ2v) is 7.71. The molecule has 2 heterocycles. The number of nitrogens with zero attached hydrogens (tertiary/aromatic N) is 2. The molecule has 10 heteroatoms. The number of carbonyl (C=O) groups is 1. The maximum absolute atomic E-state index is 15.0. The topological polar surface area (TPSA) is 73.2 Å². The lowest BCUT2D eigenvalue weighted by molar-refractivity contribution is 0.0500. The normalized spacial score (nSPS) is 19.2. The zero-order valence-corrected chi connectivity index (χ0v) is 16.5. The molecule has 1 fully saturated rings. The van der Waals surface area contributed by atoms with Crippen LogP contribution in [0.1, 0.15) is 5.56 Å². The van der Waals surface area contributed by atoms with E-state index in [2.05, 4.69) is 0 Å². The van der Waals surface area contributed by atoms with E-state index in [1.54, 1.807) is 0 Å². The molecular formula is C19H16Cl2F2N2O4. The van der Waals surface area contributed by atoms with Crippen LogP contribution < -0.4 is 4.74 Å². The highest BCUT2D eigenvalue weighted by molar-refractivity contribution is 6.37. The lowest BCUT2D eigenvalue weighted by atomic mass is 9.99. The van der Waals surface area contributed by atoms with Gasteiger partial charge in [-0.25, -0.2) is 13.6 Å². The Morgan fingerprint density at radius 3 is 2.62 bits per heavy atom. The Morgan fingerprint density at radius 2 is 1.93 bits per heavy atom. The van der Waals surface area contributed by atoms with Gasteiger partial charge in [0.1, 0.15) is 18.1 Å². The second-order valence-electron chi connectivity index (χ2n) is 6.92. The van der Waals surface area contributed by atoms with Crippen LogP contribution in [0, 0.1) is 11.6 Å². The molecule has 0 spiro atoms. The Kier molecular flexibility index (Phi) is 5.18. The third-order valence-electron chi connectivity index (χ3n) is 5.27. The summed E-state index contributed by atoms with van der Waals surface area (Å²) in [6.45, 7) is 0.861. The van der Waals surface area contributed by atoms with Gasteiger partial charge in [0, 0.05) is 42.9 Å². The number of rotatable bonds is 1. The molecule has 2 aromatic carbocycles. The maximum atomic E-state index is 15.0. The van der Waals surface area contributed by atoms with Gasteiger partial charge >= 0.3 is 6.09 Å². The van der Waals surface area contributed by atoms with Crippen LogP contribution in [-0.4, -0.2) is 58.4 Å². The largest absolute Gasteiger partial charge is 0.507 e. The molecule has 2 aliphatic rings. The van der Waals surface area contributed by atoms with Crippen molar-refractivity contribution in [2.45, 2.75) is 12.6 Å². The number of phenols is 1. The first kappa shape index (κ1) is 20.0. The van der Waals surface area contributed by atoms with Crippen molar-refractivity contribution in [2.24, 2.45) is 0 Å². The highest BCUT2D eigenvalue weighted by Crippen LogP contribution is 2.48. The average Bonchev–Trinajstić information content (AvgIpc) is 2.87. The van der Waals surface area contributed by atoms with E-state index < -0.39 is 17.7 Å². The van der Waals surface area contributed by atoms with Crippen molar-refractivity contribution in [1.29, 1.82) is 0 Å². The molecule has 0 aromatic heterocycles.